The Labute approximate surface area is 243 Å². The van der Waals surface area contributed by atoms with Gasteiger partial charge in [-0.15, -0.1) is 0 Å². The number of aliphatic hydroxyl groups excluding tert-OH is 4. The quantitative estimate of drug-likeness (QED) is 0.289. The number of aliphatic hydroxyl groups is 4. The largest absolute Gasteiger partial charge is 0.394 e. The summed E-state index contributed by atoms with van der Waals surface area (Å²) in [5, 5.41) is 40.4. The summed E-state index contributed by atoms with van der Waals surface area (Å²) in [6.07, 6.45) is 7.98. The van der Waals surface area contributed by atoms with Crippen molar-refractivity contribution in [1.82, 2.24) is 0 Å². The fraction of sp³-hybridized carbons (Fsp3) is 1.00. The van der Waals surface area contributed by atoms with Crippen LogP contribution in [0.15, 0.2) is 0 Å². The zero-order chi connectivity index (χ0) is 29.0. The summed E-state index contributed by atoms with van der Waals surface area (Å²) >= 11 is 0. The molecule has 0 aromatic carbocycles. The Morgan fingerprint density at radius 3 is 2.20 bits per heavy atom. The second-order valence-electron chi connectivity index (χ2n) is 15.9. The summed E-state index contributed by atoms with van der Waals surface area (Å²) < 4.78 is 11.9. The van der Waals surface area contributed by atoms with Crippen LogP contribution in [0.5, 0.6) is 0 Å². The number of ether oxygens (including phenoxy) is 2. The van der Waals surface area contributed by atoms with Gasteiger partial charge in [0.25, 0.3) is 0 Å². The average molecular weight is 565 g/mol. The van der Waals surface area contributed by atoms with Crippen LogP contribution in [0.4, 0.5) is 0 Å². The maximum Gasteiger partial charge on any atom is 0.186 e. The molecule has 1 saturated heterocycles. The molecule has 0 bridgehead atoms. The molecule has 6 nitrogen and oxygen atoms in total. The first-order valence-corrected chi connectivity index (χ1v) is 16.9. The first kappa shape index (κ1) is 31.2. The zero-order valence-corrected chi connectivity index (χ0v) is 26.2. The molecule has 1 aliphatic heterocycles. The van der Waals surface area contributed by atoms with Gasteiger partial charge < -0.3 is 29.9 Å². The first-order valence-electron chi connectivity index (χ1n) is 16.9. The summed E-state index contributed by atoms with van der Waals surface area (Å²) in [6.45, 7) is 14.6. The van der Waals surface area contributed by atoms with E-state index in [4.69, 9.17) is 9.47 Å². The van der Waals surface area contributed by atoms with Crippen molar-refractivity contribution in [2.45, 2.75) is 149 Å². The molecule has 0 aromatic rings. The molecule has 0 spiro atoms. The number of hydrogen-bond acceptors (Lipinski definition) is 6. The molecule has 5 fully saturated rings. The molecule has 0 aromatic heterocycles. The monoisotopic (exact) mass is 564 g/mol. The maximum absolute atomic E-state index is 10.5. The molecule has 0 radical (unpaired) electrons. The summed E-state index contributed by atoms with van der Waals surface area (Å²) in [5.74, 6) is 6.45. The van der Waals surface area contributed by atoms with Crippen LogP contribution in [0.2, 0.25) is 0 Å². The smallest absolute Gasteiger partial charge is 0.186 e. The normalized spacial score (nSPS) is 50.6. The van der Waals surface area contributed by atoms with E-state index in [2.05, 4.69) is 41.5 Å². The number of fused-ring (bicyclic) bond motifs is 5. The Morgan fingerprint density at radius 1 is 0.800 bits per heavy atom. The van der Waals surface area contributed by atoms with Crippen molar-refractivity contribution >= 4 is 0 Å². The highest BCUT2D eigenvalue weighted by Gasteiger charge is 2.61. The van der Waals surface area contributed by atoms with Crippen molar-refractivity contribution in [1.29, 1.82) is 0 Å². The van der Waals surface area contributed by atoms with Crippen molar-refractivity contribution in [2.24, 2.45) is 58.2 Å². The van der Waals surface area contributed by atoms with Crippen LogP contribution >= 0.6 is 0 Å². The van der Waals surface area contributed by atoms with Crippen LogP contribution in [-0.4, -0.2) is 63.8 Å². The lowest BCUT2D eigenvalue weighted by Gasteiger charge is -2.61. The third kappa shape index (κ3) is 5.45. The SMILES string of the molecule is CC(C)[C@H](C)CC[C@@H](C)[C@H]1CC[C@H]2C3CC[C@H]4C[C@@H](O[C@@H]5O[C@H](CO)[C@@H](O)[C@H](O)[C@H]5O)CC[C@]4(C)C3CC[C@]12C. The van der Waals surface area contributed by atoms with Gasteiger partial charge in [0.15, 0.2) is 6.29 Å². The van der Waals surface area contributed by atoms with Gasteiger partial charge in [-0.1, -0.05) is 54.4 Å². The van der Waals surface area contributed by atoms with E-state index in [1.165, 1.54) is 51.4 Å². The van der Waals surface area contributed by atoms with Crippen molar-refractivity contribution < 1.29 is 29.9 Å². The Hall–Kier alpha value is -0.240. The van der Waals surface area contributed by atoms with E-state index in [9.17, 15) is 20.4 Å². The van der Waals surface area contributed by atoms with Gasteiger partial charge in [0.1, 0.15) is 24.4 Å². The molecule has 232 valence electrons. The van der Waals surface area contributed by atoms with Gasteiger partial charge in [0, 0.05) is 0 Å². The third-order valence-corrected chi connectivity index (χ3v) is 13.8. The van der Waals surface area contributed by atoms with Crippen molar-refractivity contribution in [3.8, 4) is 0 Å². The molecule has 4 saturated carbocycles. The summed E-state index contributed by atoms with van der Waals surface area (Å²) in [5.41, 5.74) is 0.851. The van der Waals surface area contributed by atoms with Gasteiger partial charge in [0.05, 0.1) is 12.7 Å². The lowest BCUT2D eigenvalue weighted by Crippen LogP contribution is -2.60. The molecule has 0 amide bonds. The Morgan fingerprint density at radius 2 is 1.50 bits per heavy atom. The molecular formula is C34H60O6. The van der Waals surface area contributed by atoms with Gasteiger partial charge in [0.2, 0.25) is 0 Å². The highest BCUT2D eigenvalue weighted by atomic mass is 16.7. The van der Waals surface area contributed by atoms with Crippen LogP contribution in [-0.2, 0) is 9.47 Å². The fourth-order valence-corrected chi connectivity index (χ4v) is 10.7. The summed E-state index contributed by atoms with van der Waals surface area (Å²) in [4.78, 5) is 0. The number of hydrogen-bond donors (Lipinski definition) is 4. The molecule has 15 atom stereocenters. The molecule has 6 heteroatoms. The van der Waals surface area contributed by atoms with Gasteiger partial charge in [-0.05, 0) is 116 Å². The highest BCUT2D eigenvalue weighted by molar-refractivity contribution is 5.10. The summed E-state index contributed by atoms with van der Waals surface area (Å²) in [6, 6.07) is 0. The zero-order valence-electron chi connectivity index (χ0n) is 26.2. The molecule has 5 aliphatic rings. The lowest BCUT2D eigenvalue weighted by molar-refractivity contribution is -0.316. The summed E-state index contributed by atoms with van der Waals surface area (Å²) in [7, 11) is 0. The van der Waals surface area contributed by atoms with E-state index in [0.29, 0.717) is 16.7 Å². The van der Waals surface area contributed by atoms with Gasteiger partial charge in [-0.2, -0.15) is 0 Å². The second kappa shape index (κ2) is 12.0. The minimum Gasteiger partial charge on any atom is -0.394 e. The lowest BCUT2D eigenvalue weighted by atomic mass is 9.44. The van der Waals surface area contributed by atoms with Gasteiger partial charge >= 0.3 is 0 Å². The Kier molecular flexibility index (Phi) is 9.39. The van der Waals surface area contributed by atoms with Crippen LogP contribution in [0.3, 0.4) is 0 Å². The van der Waals surface area contributed by atoms with Crippen molar-refractivity contribution in [3.05, 3.63) is 0 Å². The van der Waals surface area contributed by atoms with Crippen LogP contribution in [0.25, 0.3) is 0 Å². The minimum atomic E-state index is -1.38. The number of rotatable bonds is 8. The maximum atomic E-state index is 10.5. The van der Waals surface area contributed by atoms with E-state index in [1.807, 2.05) is 0 Å². The van der Waals surface area contributed by atoms with E-state index in [1.54, 1.807) is 0 Å². The van der Waals surface area contributed by atoms with Crippen molar-refractivity contribution in [2.75, 3.05) is 6.61 Å². The molecule has 5 rings (SSSR count). The molecular weight excluding hydrogens is 504 g/mol. The van der Waals surface area contributed by atoms with Gasteiger partial charge in [-0.3, -0.25) is 0 Å². The minimum absolute atomic E-state index is 0.0325. The van der Waals surface area contributed by atoms with Crippen LogP contribution < -0.4 is 0 Å². The van der Waals surface area contributed by atoms with Crippen molar-refractivity contribution in [3.63, 3.8) is 0 Å². The molecule has 2 unspecified atom stereocenters. The van der Waals surface area contributed by atoms with Crippen LogP contribution in [0.1, 0.15) is 112 Å². The van der Waals surface area contributed by atoms with Gasteiger partial charge in [-0.25, -0.2) is 0 Å². The predicted octanol–water partition coefficient (Wildman–Crippen LogP) is 5.54. The molecule has 4 aliphatic carbocycles. The van der Waals surface area contributed by atoms with Crippen LogP contribution in [0, 0.1) is 58.2 Å². The van der Waals surface area contributed by atoms with E-state index in [0.717, 1.165) is 60.7 Å². The third-order valence-electron chi connectivity index (χ3n) is 13.8. The average Bonchev–Trinajstić information content (AvgIpc) is 3.29. The first-order chi connectivity index (χ1) is 18.9. The van der Waals surface area contributed by atoms with E-state index in [-0.39, 0.29) is 6.10 Å². The predicted molar refractivity (Wildman–Crippen MR) is 156 cm³/mol. The van der Waals surface area contributed by atoms with E-state index < -0.39 is 37.3 Å². The Bertz CT molecular complexity index is 848. The fourth-order valence-electron chi connectivity index (χ4n) is 10.7. The molecule has 40 heavy (non-hydrogen) atoms. The molecule has 1 heterocycles. The highest BCUT2D eigenvalue weighted by Crippen LogP contribution is 2.68. The molecule has 4 N–H and O–H groups in total. The van der Waals surface area contributed by atoms with E-state index >= 15 is 0 Å². The topological polar surface area (TPSA) is 99.4 Å². The standard InChI is InChI=1S/C34H60O6/c1-19(2)20(3)7-8-21(4)25-11-12-26-24-10-9-22-17-23(13-15-33(22,5)27(24)14-16-34(25,26)6)39-32-31(38)30(37)29(36)28(18-35)40-32/h19-32,35-38H,7-18H2,1-6H3/t20-,21-,22+,23+,24?,25-,26+,27?,28-,29-,30+,31-,32-,33+,34-/m1/s1. The second-order valence-corrected chi connectivity index (χ2v) is 15.9. The Balaban J connectivity index is 1.21.